The molecule has 0 amide bonds. The van der Waals surface area contributed by atoms with Gasteiger partial charge in [0.25, 0.3) is 0 Å². The molecular formula is C10H13FO2S. The molecule has 2 nitrogen and oxygen atoms in total. The lowest BCUT2D eigenvalue weighted by Gasteiger charge is -2.16. The molecule has 0 bridgehead atoms. The van der Waals surface area contributed by atoms with Gasteiger partial charge < -0.3 is 0 Å². The van der Waals surface area contributed by atoms with E-state index in [0.29, 0.717) is 5.56 Å². The largest absolute Gasteiger partial charge is 0.309 e. The molecule has 0 radical (unpaired) electrons. The monoisotopic (exact) mass is 216 g/mol. The van der Waals surface area contributed by atoms with Crippen molar-refractivity contribution in [3.63, 3.8) is 0 Å². The second-order valence-electron chi connectivity index (χ2n) is 3.55. The van der Waals surface area contributed by atoms with E-state index in [1.807, 2.05) is 0 Å². The van der Waals surface area contributed by atoms with E-state index >= 15 is 0 Å². The smallest absolute Gasteiger partial charge is 0.194 e. The van der Waals surface area contributed by atoms with Gasteiger partial charge in [-0.25, -0.2) is 0 Å². The van der Waals surface area contributed by atoms with E-state index in [9.17, 15) is 12.3 Å². The predicted octanol–water partition coefficient (Wildman–Crippen LogP) is 2.68. The Morgan fingerprint density at radius 3 is 2.00 bits per heavy atom. The Balaban J connectivity index is 3.15. The molecule has 4 heteroatoms. The molecule has 78 valence electrons. The van der Waals surface area contributed by atoms with Gasteiger partial charge in [0.05, 0.1) is 0 Å². The molecule has 0 aromatic heterocycles. The molecule has 0 saturated carbocycles. The second kappa shape index (κ2) is 4.09. The molecule has 1 rings (SSSR count). The summed E-state index contributed by atoms with van der Waals surface area (Å²) in [6.45, 7) is 3.38. The topological polar surface area (TPSA) is 34.1 Å². The molecule has 1 aromatic carbocycles. The normalized spacial score (nSPS) is 14.3. The van der Waals surface area contributed by atoms with Crippen LogP contribution in [0.4, 0.5) is 3.89 Å². The maximum atomic E-state index is 13.0. The van der Waals surface area contributed by atoms with Crippen molar-refractivity contribution in [2.75, 3.05) is 0 Å². The van der Waals surface area contributed by atoms with Gasteiger partial charge in [-0.3, -0.25) is 0 Å². The Morgan fingerprint density at radius 2 is 1.64 bits per heavy atom. The first-order valence-corrected chi connectivity index (χ1v) is 5.86. The van der Waals surface area contributed by atoms with Gasteiger partial charge in [-0.2, -0.15) is 8.42 Å². The van der Waals surface area contributed by atoms with Crippen molar-refractivity contribution in [2.45, 2.75) is 19.1 Å². The highest BCUT2D eigenvalue weighted by Gasteiger charge is 2.29. The molecule has 1 atom stereocenters. The molecule has 0 aliphatic rings. The third kappa shape index (κ3) is 2.54. The van der Waals surface area contributed by atoms with Crippen molar-refractivity contribution in [3.8, 4) is 0 Å². The molecule has 0 heterocycles. The van der Waals surface area contributed by atoms with E-state index in [1.165, 1.54) is 0 Å². The van der Waals surface area contributed by atoms with Gasteiger partial charge in [-0.15, -0.1) is 3.89 Å². The van der Waals surface area contributed by atoms with Crippen LogP contribution >= 0.6 is 0 Å². The van der Waals surface area contributed by atoms with E-state index in [4.69, 9.17) is 0 Å². The van der Waals surface area contributed by atoms with Crippen LogP contribution in [-0.4, -0.2) is 8.42 Å². The molecule has 0 N–H and O–H groups in total. The summed E-state index contributed by atoms with van der Waals surface area (Å²) in [6.07, 6.45) is 0. The van der Waals surface area contributed by atoms with Crippen LogP contribution in [0, 0.1) is 5.92 Å². The standard InChI is InChI=1S/C10H13FO2S/c1-8(2)10(14(11,12)13)9-6-4-3-5-7-9/h3-8,10H,1-2H3. The summed E-state index contributed by atoms with van der Waals surface area (Å²) < 4.78 is 34.8. The zero-order valence-electron chi connectivity index (χ0n) is 8.14. The highest BCUT2D eigenvalue weighted by Crippen LogP contribution is 2.30. The Labute approximate surface area is 84.0 Å². The minimum absolute atomic E-state index is 0.271. The first-order valence-electron chi connectivity index (χ1n) is 4.41. The van der Waals surface area contributed by atoms with Gasteiger partial charge >= 0.3 is 10.2 Å². The molecule has 14 heavy (non-hydrogen) atoms. The lowest BCUT2D eigenvalue weighted by molar-refractivity contribution is 0.501. The minimum Gasteiger partial charge on any atom is -0.194 e. The second-order valence-corrected chi connectivity index (χ2v) is 5.01. The predicted molar refractivity (Wildman–Crippen MR) is 54.0 cm³/mol. The van der Waals surface area contributed by atoms with Gasteiger partial charge in [0, 0.05) is 0 Å². The van der Waals surface area contributed by atoms with Crippen LogP contribution in [0.15, 0.2) is 30.3 Å². The van der Waals surface area contributed by atoms with Crippen molar-refractivity contribution >= 4 is 10.2 Å². The van der Waals surface area contributed by atoms with Crippen LogP contribution in [0.1, 0.15) is 24.7 Å². The molecule has 1 unspecified atom stereocenters. The van der Waals surface area contributed by atoms with Gasteiger partial charge in [0.15, 0.2) is 0 Å². The van der Waals surface area contributed by atoms with Crippen LogP contribution < -0.4 is 0 Å². The summed E-state index contributed by atoms with van der Waals surface area (Å²) in [7, 11) is -4.52. The lowest BCUT2D eigenvalue weighted by atomic mass is 10.0. The van der Waals surface area contributed by atoms with Crippen molar-refractivity contribution in [1.29, 1.82) is 0 Å². The number of benzene rings is 1. The average molecular weight is 216 g/mol. The van der Waals surface area contributed by atoms with Crippen molar-refractivity contribution < 1.29 is 12.3 Å². The van der Waals surface area contributed by atoms with Crippen molar-refractivity contribution in [2.24, 2.45) is 5.92 Å². The fourth-order valence-corrected chi connectivity index (χ4v) is 2.65. The van der Waals surface area contributed by atoms with Crippen LogP contribution in [-0.2, 0) is 10.2 Å². The Hall–Kier alpha value is -0.900. The summed E-state index contributed by atoms with van der Waals surface area (Å²) >= 11 is 0. The maximum absolute atomic E-state index is 13.0. The lowest BCUT2D eigenvalue weighted by Crippen LogP contribution is -2.14. The van der Waals surface area contributed by atoms with E-state index in [2.05, 4.69) is 0 Å². The van der Waals surface area contributed by atoms with Crippen molar-refractivity contribution in [3.05, 3.63) is 35.9 Å². The molecule has 0 fully saturated rings. The third-order valence-electron chi connectivity index (χ3n) is 2.04. The highest BCUT2D eigenvalue weighted by atomic mass is 32.3. The summed E-state index contributed by atoms with van der Waals surface area (Å²) in [5.74, 6) is -0.271. The summed E-state index contributed by atoms with van der Waals surface area (Å²) in [5.41, 5.74) is 0.505. The zero-order valence-corrected chi connectivity index (χ0v) is 8.96. The Morgan fingerprint density at radius 1 is 1.14 bits per heavy atom. The van der Waals surface area contributed by atoms with Crippen LogP contribution in [0.5, 0.6) is 0 Å². The molecule has 0 saturated heterocycles. The number of halogens is 1. The van der Waals surface area contributed by atoms with E-state index in [1.54, 1.807) is 44.2 Å². The maximum Gasteiger partial charge on any atom is 0.309 e. The summed E-state index contributed by atoms with van der Waals surface area (Å²) in [5, 5.41) is -1.05. The summed E-state index contributed by atoms with van der Waals surface area (Å²) in [4.78, 5) is 0. The fourth-order valence-electron chi connectivity index (χ4n) is 1.52. The highest BCUT2D eigenvalue weighted by molar-refractivity contribution is 7.86. The van der Waals surface area contributed by atoms with Crippen molar-refractivity contribution in [1.82, 2.24) is 0 Å². The van der Waals surface area contributed by atoms with E-state index < -0.39 is 15.5 Å². The molecular weight excluding hydrogens is 203 g/mol. The SMILES string of the molecule is CC(C)C(c1ccccc1)S(=O)(=O)F. The first-order chi connectivity index (χ1) is 6.43. The molecule has 1 aromatic rings. The first kappa shape index (κ1) is 11.2. The Bertz CT molecular complexity index is 384. The van der Waals surface area contributed by atoms with Crippen LogP contribution in [0.3, 0.4) is 0 Å². The van der Waals surface area contributed by atoms with Gasteiger partial charge in [0.2, 0.25) is 0 Å². The van der Waals surface area contributed by atoms with E-state index in [-0.39, 0.29) is 5.92 Å². The van der Waals surface area contributed by atoms with Gasteiger partial charge in [0.1, 0.15) is 5.25 Å². The molecule has 0 spiro atoms. The number of hydrogen-bond acceptors (Lipinski definition) is 2. The van der Waals surface area contributed by atoms with Crippen LogP contribution in [0.2, 0.25) is 0 Å². The third-order valence-corrected chi connectivity index (χ3v) is 3.46. The Kier molecular flexibility index (Phi) is 3.26. The fraction of sp³-hybridized carbons (Fsp3) is 0.400. The number of rotatable bonds is 3. The quantitative estimate of drug-likeness (QED) is 0.728. The molecule has 0 aliphatic carbocycles. The zero-order chi connectivity index (χ0) is 10.8. The number of hydrogen-bond donors (Lipinski definition) is 0. The van der Waals surface area contributed by atoms with Gasteiger partial charge in [-0.1, -0.05) is 44.2 Å². The minimum atomic E-state index is -4.52. The average Bonchev–Trinajstić information content (AvgIpc) is 2.02. The molecule has 0 aliphatic heterocycles. The van der Waals surface area contributed by atoms with E-state index in [0.717, 1.165) is 0 Å². The van der Waals surface area contributed by atoms with Gasteiger partial charge in [-0.05, 0) is 11.5 Å². The van der Waals surface area contributed by atoms with Crippen LogP contribution in [0.25, 0.3) is 0 Å². The summed E-state index contributed by atoms with van der Waals surface area (Å²) in [6, 6.07) is 8.43.